The highest BCUT2D eigenvalue weighted by atomic mass is 35.5. The van der Waals surface area contributed by atoms with Gasteiger partial charge in [0.1, 0.15) is 6.54 Å². The number of hydrogen-bond acceptors (Lipinski definition) is 4. The van der Waals surface area contributed by atoms with Crippen LogP contribution in [0.4, 0.5) is 0 Å². The monoisotopic (exact) mass is 507 g/mol. The molecule has 0 spiro atoms. The summed E-state index contributed by atoms with van der Waals surface area (Å²) in [6, 6.07) is 11.8. The lowest BCUT2D eigenvalue weighted by atomic mass is 9.81. The zero-order chi connectivity index (χ0) is 25.4. The van der Waals surface area contributed by atoms with Crippen molar-refractivity contribution >= 4 is 34.4 Å². The number of ether oxygens (including phenoxy) is 1. The molecule has 0 N–H and O–H groups in total. The SMILES string of the molecule is COC(=O)c1ccc2c(C3CCCCC3)c3n(c2c1)CC(=O)N(CCN(C)C)Cc1cc(Cl)ccc1-3. The van der Waals surface area contributed by atoms with E-state index >= 15 is 0 Å². The van der Waals surface area contributed by atoms with E-state index in [1.165, 1.54) is 31.9 Å². The Morgan fingerprint density at radius 1 is 1.08 bits per heavy atom. The van der Waals surface area contributed by atoms with E-state index in [1.54, 1.807) is 0 Å². The number of likely N-dealkylation sites (N-methyl/N-ethyl adjacent to an activating group) is 1. The summed E-state index contributed by atoms with van der Waals surface area (Å²) in [5.74, 6) is 0.118. The van der Waals surface area contributed by atoms with E-state index in [-0.39, 0.29) is 18.4 Å². The molecule has 1 aromatic heterocycles. The minimum atomic E-state index is -0.372. The van der Waals surface area contributed by atoms with Gasteiger partial charge in [-0.25, -0.2) is 4.79 Å². The number of hydrogen-bond donors (Lipinski definition) is 0. The van der Waals surface area contributed by atoms with E-state index in [1.807, 2.05) is 49.3 Å². The zero-order valence-electron chi connectivity index (χ0n) is 21.3. The quantitative estimate of drug-likeness (QED) is 0.416. The number of benzene rings is 2. The molecular formula is C29H34ClN3O3. The first-order valence-electron chi connectivity index (χ1n) is 12.8. The third-order valence-corrected chi connectivity index (χ3v) is 7.92. The molecule has 1 aliphatic carbocycles. The first kappa shape index (κ1) is 24.8. The number of fused-ring (bicyclic) bond motifs is 5. The summed E-state index contributed by atoms with van der Waals surface area (Å²) in [6.07, 6.45) is 5.96. The normalized spacial score (nSPS) is 16.6. The number of methoxy groups -OCH3 is 1. The first-order chi connectivity index (χ1) is 17.4. The molecule has 6 nitrogen and oxygen atoms in total. The minimum absolute atomic E-state index is 0.0688. The number of amides is 1. The Morgan fingerprint density at radius 2 is 1.86 bits per heavy atom. The highest BCUT2D eigenvalue weighted by molar-refractivity contribution is 6.30. The third kappa shape index (κ3) is 4.64. The Morgan fingerprint density at radius 3 is 2.58 bits per heavy atom. The maximum atomic E-state index is 13.7. The molecule has 3 aromatic rings. The molecule has 1 saturated carbocycles. The summed E-state index contributed by atoms with van der Waals surface area (Å²) < 4.78 is 7.16. The van der Waals surface area contributed by atoms with Crippen LogP contribution in [0, 0.1) is 0 Å². The molecular weight excluding hydrogens is 474 g/mol. The Balaban J connectivity index is 1.77. The lowest BCUT2D eigenvalue weighted by molar-refractivity contribution is -0.132. The van der Waals surface area contributed by atoms with Gasteiger partial charge in [-0.15, -0.1) is 0 Å². The van der Waals surface area contributed by atoms with Crippen molar-refractivity contribution in [2.75, 3.05) is 34.3 Å². The first-order valence-corrected chi connectivity index (χ1v) is 13.2. The Bertz CT molecular complexity index is 1310. The van der Waals surface area contributed by atoms with Crippen molar-refractivity contribution in [3.8, 4) is 11.3 Å². The van der Waals surface area contributed by atoms with E-state index in [9.17, 15) is 9.59 Å². The van der Waals surface area contributed by atoms with Crippen LogP contribution in [-0.2, 0) is 22.6 Å². The summed E-state index contributed by atoms with van der Waals surface area (Å²) in [5, 5.41) is 1.80. The summed E-state index contributed by atoms with van der Waals surface area (Å²) >= 11 is 6.48. The number of carbonyl (C=O) groups excluding carboxylic acids is 2. The molecule has 0 atom stereocenters. The molecule has 0 radical (unpaired) electrons. The predicted molar refractivity (Wildman–Crippen MR) is 144 cm³/mol. The Hall–Kier alpha value is -2.83. The molecule has 1 fully saturated rings. The Labute approximate surface area is 217 Å². The van der Waals surface area contributed by atoms with Gasteiger partial charge in [0, 0.05) is 35.6 Å². The standard InChI is InChI=1S/C29H34ClN3O3/c1-31(2)13-14-32-17-21-15-22(30)10-12-23(21)28-27(19-7-5-4-6-8-19)24-11-9-20(29(35)36-3)16-25(24)33(28)18-26(32)34/h9-12,15-16,19H,4-8,13-14,17-18H2,1-3H3. The fourth-order valence-electron chi connectivity index (χ4n) is 5.86. The maximum absolute atomic E-state index is 13.7. The highest BCUT2D eigenvalue weighted by Gasteiger charge is 2.31. The fraction of sp³-hybridized carbons (Fsp3) is 0.448. The van der Waals surface area contributed by atoms with E-state index in [2.05, 4.69) is 15.5 Å². The van der Waals surface area contributed by atoms with Crippen LogP contribution in [0.2, 0.25) is 5.02 Å². The van der Waals surface area contributed by atoms with Gasteiger partial charge in [-0.05, 0) is 68.2 Å². The van der Waals surface area contributed by atoms with E-state index in [0.29, 0.717) is 29.6 Å². The molecule has 5 rings (SSSR count). The second-order valence-electron chi connectivity index (χ2n) is 10.3. The average molecular weight is 508 g/mol. The van der Waals surface area contributed by atoms with Gasteiger partial charge < -0.3 is 19.1 Å². The number of aromatic nitrogens is 1. The second kappa shape index (κ2) is 10.3. The van der Waals surface area contributed by atoms with Crippen molar-refractivity contribution in [2.45, 2.75) is 51.1 Å². The third-order valence-electron chi connectivity index (χ3n) is 7.69. The van der Waals surface area contributed by atoms with Crippen LogP contribution in [0.15, 0.2) is 36.4 Å². The summed E-state index contributed by atoms with van der Waals surface area (Å²) in [5.41, 5.74) is 6.00. The average Bonchev–Trinajstić information content (AvgIpc) is 3.18. The van der Waals surface area contributed by atoms with Gasteiger partial charge in [0.2, 0.25) is 5.91 Å². The lowest BCUT2D eigenvalue weighted by Crippen LogP contribution is -2.39. The molecule has 2 aromatic carbocycles. The number of rotatable bonds is 5. The maximum Gasteiger partial charge on any atom is 0.337 e. The van der Waals surface area contributed by atoms with Gasteiger partial charge in [0.05, 0.1) is 23.9 Å². The van der Waals surface area contributed by atoms with Crippen molar-refractivity contribution in [2.24, 2.45) is 0 Å². The minimum Gasteiger partial charge on any atom is -0.465 e. The van der Waals surface area contributed by atoms with Gasteiger partial charge in [0.15, 0.2) is 0 Å². The lowest BCUT2D eigenvalue weighted by Gasteiger charge is -2.30. The Kier molecular flexibility index (Phi) is 7.09. The number of nitrogens with zero attached hydrogens (tertiary/aromatic N) is 3. The van der Waals surface area contributed by atoms with Gasteiger partial charge >= 0.3 is 5.97 Å². The van der Waals surface area contributed by atoms with E-state index in [4.69, 9.17) is 16.3 Å². The smallest absolute Gasteiger partial charge is 0.337 e. The summed E-state index contributed by atoms with van der Waals surface area (Å²) in [4.78, 5) is 30.1. The van der Waals surface area contributed by atoms with Gasteiger partial charge in [-0.2, -0.15) is 0 Å². The molecule has 0 bridgehead atoms. The summed E-state index contributed by atoms with van der Waals surface area (Å²) in [6.45, 7) is 2.18. The van der Waals surface area contributed by atoms with Crippen molar-refractivity contribution in [3.05, 3.63) is 58.1 Å². The highest BCUT2D eigenvalue weighted by Crippen LogP contribution is 2.46. The fourth-order valence-corrected chi connectivity index (χ4v) is 6.05. The van der Waals surface area contributed by atoms with Crippen LogP contribution >= 0.6 is 11.6 Å². The van der Waals surface area contributed by atoms with Crippen molar-refractivity contribution < 1.29 is 14.3 Å². The molecule has 2 heterocycles. The molecule has 1 amide bonds. The van der Waals surface area contributed by atoms with Crippen LogP contribution < -0.4 is 0 Å². The number of esters is 1. The predicted octanol–water partition coefficient (Wildman–Crippen LogP) is 5.70. The van der Waals surface area contributed by atoms with Crippen LogP contribution in [0.5, 0.6) is 0 Å². The molecule has 190 valence electrons. The molecule has 0 unspecified atom stereocenters. The topological polar surface area (TPSA) is 54.8 Å². The van der Waals surface area contributed by atoms with Crippen LogP contribution in [0.25, 0.3) is 22.2 Å². The zero-order valence-corrected chi connectivity index (χ0v) is 22.1. The largest absolute Gasteiger partial charge is 0.465 e. The van der Waals surface area contributed by atoms with Crippen molar-refractivity contribution in [1.29, 1.82) is 0 Å². The number of halogens is 1. The number of carbonyl (C=O) groups is 2. The second-order valence-corrected chi connectivity index (χ2v) is 10.8. The van der Waals surface area contributed by atoms with Gasteiger partial charge in [-0.1, -0.05) is 43.0 Å². The molecule has 7 heteroatoms. The van der Waals surface area contributed by atoms with Gasteiger partial charge in [0.25, 0.3) is 0 Å². The van der Waals surface area contributed by atoms with Crippen LogP contribution in [0.3, 0.4) is 0 Å². The molecule has 0 saturated heterocycles. The van der Waals surface area contributed by atoms with Crippen LogP contribution in [-0.4, -0.2) is 60.5 Å². The molecule has 1 aliphatic heterocycles. The van der Waals surface area contributed by atoms with Crippen LogP contribution in [0.1, 0.15) is 59.5 Å². The van der Waals surface area contributed by atoms with Gasteiger partial charge in [-0.3, -0.25) is 4.79 Å². The van der Waals surface area contributed by atoms with E-state index in [0.717, 1.165) is 47.1 Å². The summed E-state index contributed by atoms with van der Waals surface area (Å²) in [7, 11) is 5.43. The molecule has 2 aliphatic rings. The van der Waals surface area contributed by atoms with Crippen molar-refractivity contribution in [3.63, 3.8) is 0 Å². The van der Waals surface area contributed by atoms with Crippen molar-refractivity contribution in [1.82, 2.24) is 14.4 Å². The van der Waals surface area contributed by atoms with E-state index < -0.39 is 0 Å². The molecule has 36 heavy (non-hydrogen) atoms.